The Morgan fingerprint density at radius 2 is 1.87 bits per heavy atom. The van der Waals surface area contributed by atoms with Crippen LogP contribution in [0.5, 0.6) is 17.6 Å². The molecular formula is C29H40N6O4. The molecule has 210 valence electrons. The van der Waals surface area contributed by atoms with Crippen molar-refractivity contribution in [1.29, 1.82) is 0 Å². The molecule has 0 aromatic carbocycles. The van der Waals surface area contributed by atoms with Crippen molar-refractivity contribution in [2.24, 2.45) is 7.05 Å². The zero-order valence-corrected chi connectivity index (χ0v) is 24.1. The maximum absolute atomic E-state index is 9.96. The summed E-state index contributed by atoms with van der Waals surface area (Å²) >= 11 is 0. The minimum atomic E-state index is -0.215. The molecule has 2 atom stereocenters. The van der Waals surface area contributed by atoms with Crippen LogP contribution in [0.4, 0.5) is 0 Å². The monoisotopic (exact) mass is 536 g/mol. The number of aliphatic hydroxyl groups is 1. The van der Waals surface area contributed by atoms with Crippen molar-refractivity contribution in [1.82, 2.24) is 29.4 Å². The lowest BCUT2D eigenvalue weighted by Crippen LogP contribution is -2.32. The molecule has 1 aliphatic rings. The molecule has 0 spiro atoms. The minimum absolute atomic E-state index is 0.0379. The summed E-state index contributed by atoms with van der Waals surface area (Å²) in [5, 5.41) is 19.3. The Morgan fingerprint density at radius 1 is 1.15 bits per heavy atom. The van der Waals surface area contributed by atoms with Gasteiger partial charge in [-0.3, -0.25) is 14.6 Å². The third-order valence-corrected chi connectivity index (χ3v) is 6.68. The van der Waals surface area contributed by atoms with Crippen molar-refractivity contribution in [3.63, 3.8) is 0 Å². The van der Waals surface area contributed by atoms with Gasteiger partial charge in [0.05, 0.1) is 42.8 Å². The third-order valence-electron chi connectivity index (χ3n) is 6.68. The molecule has 10 heteroatoms. The van der Waals surface area contributed by atoms with Gasteiger partial charge >= 0.3 is 0 Å². The van der Waals surface area contributed by atoms with Gasteiger partial charge in [-0.25, -0.2) is 4.68 Å². The molecule has 1 N–H and O–H groups in total. The van der Waals surface area contributed by atoms with Crippen LogP contribution in [0.2, 0.25) is 0 Å². The van der Waals surface area contributed by atoms with E-state index in [1.54, 1.807) is 4.68 Å². The fourth-order valence-corrected chi connectivity index (χ4v) is 4.81. The molecule has 2 bridgehead atoms. The molecule has 10 nitrogen and oxygen atoms in total. The highest BCUT2D eigenvalue weighted by molar-refractivity contribution is 5.82. The number of likely N-dealkylation sites (N-methyl/N-ethyl adjacent to an activating group) is 1. The molecule has 0 unspecified atom stereocenters. The van der Waals surface area contributed by atoms with Crippen LogP contribution in [0.25, 0.3) is 22.9 Å². The van der Waals surface area contributed by atoms with Gasteiger partial charge < -0.3 is 19.3 Å². The highest BCUT2D eigenvalue weighted by Gasteiger charge is 2.26. The molecule has 0 aliphatic carbocycles. The molecule has 0 fully saturated rings. The topological polar surface area (TPSA) is 99.7 Å². The lowest BCUT2D eigenvalue weighted by atomic mass is 10.00. The summed E-state index contributed by atoms with van der Waals surface area (Å²) < 4.78 is 21.9. The van der Waals surface area contributed by atoms with E-state index in [2.05, 4.69) is 16.6 Å². The highest BCUT2D eigenvalue weighted by Crippen LogP contribution is 2.39. The fourth-order valence-electron chi connectivity index (χ4n) is 4.81. The van der Waals surface area contributed by atoms with Crippen molar-refractivity contribution in [3.05, 3.63) is 47.3 Å². The van der Waals surface area contributed by atoms with Gasteiger partial charge in [-0.1, -0.05) is 12.7 Å². The maximum Gasteiger partial charge on any atom is 0.246 e. The van der Waals surface area contributed by atoms with Gasteiger partial charge in [0.15, 0.2) is 0 Å². The van der Waals surface area contributed by atoms with Gasteiger partial charge in [0, 0.05) is 26.3 Å². The molecule has 0 saturated heterocycles. The number of rotatable bonds is 6. The van der Waals surface area contributed by atoms with E-state index in [4.69, 9.17) is 24.3 Å². The second-order valence-electron chi connectivity index (χ2n) is 9.98. The number of allylic oxidation sites excluding steroid dienone is 2. The second-order valence-corrected chi connectivity index (χ2v) is 9.98. The number of nitrogens with zero attached hydrogens (tertiary/aromatic N) is 6. The zero-order valence-electron chi connectivity index (χ0n) is 24.1. The molecule has 1 aliphatic heterocycles. The second kappa shape index (κ2) is 12.0. The van der Waals surface area contributed by atoms with Crippen molar-refractivity contribution in [2.45, 2.75) is 53.3 Å². The van der Waals surface area contributed by atoms with Crippen molar-refractivity contribution in [3.8, 4) is 28.9 Å². The van der Waals surface area contributed by atoms with Crippen LogP contribution in [-0.2, 0) is 13.6 Å². The lowest BCUT2D eigenvalue weighted by Gasteiger charge is -2.24. The number of hydrogen-bond donors (Lipinski definition) is 1. The highest BCUT2D eigenvalue weighted by atomic mass is 16.5. The SMILES string of the molecule is C=C1/C=C/c2c(OCC)nn([C@@H](C)CO)c2CN(C)C[C@H](C)Oc2c(c(OCC)nn2C)-c2cc1c(C)cn2. The van der Waals surface area contributed by atoms with Crippen LogP contribution in [0.15, 0.2) is 24.9 Å². The average Bonchev–Trinajstić information content (AvgIpc) is 3.38. The third kappa shape index (κ3) is 5.86. The number of pyridine rings is 1. The Labute approximate surface area is 230 Å². The minimum Gasteiger partial charge on any atom is -0.476 e. The van der Waals surface area contributed by atoms with E-state index in [0.29, 0.717) is 49.6 Å². The Balaban J connectivity index is 1.91. The Hall–Kier alpha value is -3.63. The van der Waals surface area contributed by atoms with Crippen LogP contribution in [0, 0.1) is 6.92 Å². The molecule has 4 rings (SSSR count). The van der Waals surface area contributed by atoms with E-state index in [-0.39, 0.29) is 18.8 Å². The fraction of sp³-hybridized carbons (Fsp3) is 0.483. The normalized spacial score (nSPS) is 17.8. The van der Waals surface area contributed by atoms with Gasteiger partial charge in [0.1, 0.15) is 11.7 Å². The summed E-state index contributed by atoms with van der Waals surface area (Å²) in [4.78, 5) is 6.90. The van der Waals surface area contributed by atoms with Gasteiger partial charge in [-0.05, 0) is 70.5 Å². The van der Waals surface area contributed by atoms with Crippen LogP contribution < -0.4 is 14.2 Å². The predicted octanol–water partition coefficient (Wildman–Crippen LogP) is 4.28. The van der Waals surface area contributed by atoms with Crippen molar-refractivity contribution >= 4 is 11.6 Å². The smallest absolute Gasteiger partial charge is 0.246 e. The Bertz CT molecular complexity index is 1360. The summed E-state index contributed by atoms with van der Waals surface area (Å²) in [6, 6.07) is 1.79. The number of fused-ring (bicyclic) bond motifs is 5. The first kappa shape index (κ1) is 28.4. The molecule has 0 saturated carbocycles. The van der Waals surface area contributed by atoms with E-state index in [1.807, 2.05) is 77.8 Å². The number of aryl methyl sites for hydroxylation is 2. The molecule has 39 heavy (non-hydrogen) atoms. The van der Waals surface area contributed by atoms with E-state index in [0.717, 1.165) is 33.5 Å². The summed E-state index contributed by atoms with van der Waals surface area (Å²) in [6.07, 6.45) is 5.64. The van der Waals surface area contributed by atoms with Crippen molar-refractivity contribution in [2.75, 3.05) is 33.4 Å². The summed E-state index contributed by atoms with van der Waals surface area (Å²) in [6.45, 7) is 16.3. The summed E-state index contributed by atoms with van der Waals surface area (Å²) in [7, 11) is 3.88. The van der Waals surface area contributed by atoms with E-state index >= 15 is 0 Å². The Kier molecular flexibility index (Phi) is 8.76. The van der Waals surface area contributed by atoms with Crippen LogP contribution >= 0.6 is 0 Å². The first-order valence-corrected chi connectivity index (χ1v) is 13.4. The van der Waals surface area contributed by atoms with E-state index in [9.17, 15) is 5.11 Å². The molecule has 4 heterocycles. The van der Waals surface area contributed by atoms with E-state index in [1.165, 1.54) is 0 Å². The first-order chi connectivity index (χ1) is 18.7. The number of aromatic nitrogens is 5. The summed E-state index contributed by atoms with van der Waals surface area (Å²) in [5.41, 5.74) is 5.98. The largest absolute Gasteiger partial charge is 0.476 e. The van der Waals surface area contributed by atoms with Gasteiger partial charge in [0.2, 0.25) is 17.6 Å². The standard InChI is InChI=1S/C29H40N6O4/c1-9-37-27-22-12-11-18(3)23-13-24(30-14-19(23)4)26-28(38-10-2)31-34(8)29(26)39-21(6)15-33(7)16-25(22)35(32-27)20(5)17-36/h11-14,20-21,36H,3,9-10,15-17H2,1-2,4-8H3/b12-11+/t20-,21-/m0/s1. The summed E-state index contributed by atoms with van der Waals surface area (Å²) in [5.74, 6) is 1.61. The first-order valence-electron chi connectivity index (χ1n) is 13.4. The van der Waals surface area contributed by atoms with Crippen LogP contribution in [0.3, 0.4) is 0 Å². The molecule has 0 radical (unpaired) electrons. The number of hydrogen-bond acceptors (Lipinski definition) is 8. The lowest BCUT2D eigenvalue weighted by molar-refractivity contribution is 0.145. The molecular weight excluding hydrogens is 496 g/mol. The Morgan fingerprint density at radius 3 is 2.56 bits per heavy atom. The molecule has 0 amide bonds. The molecule has 3 aromatic rings. The average molecular weight is 537 g/mol. The predicted molar refractivity (Wildman–Crippen MR) is 152 cm³/mol. The van der Waals surface area contributed by atoms with Gasteiger partial charge in [0.25, 0.3) is 0 Å². The number of aliphatic hydroxyl groups excluding tert-OH is 1. The van der Waals surface area contributed by atoms with Crippen LogP contribution in [-0.4, -0.2) is 74.1 Å². The molecule has 3 aromatic heterocycles. The van der Waals surface area contributed by atoms with Crippen molar-refractivity contribution < 1.29 is 19.3 Å². The maximum atomic E-state index is 9.96. The van der Waals surface area contributed by atoms with E-state index < -0.39 is 0 Å². The van der Waals surface area contributed by atoms with Crippen LogP contribution in [0.1, 0.15) is 56.1 Å². The zero-order chi connectivity index (χ0) is 28.3. The quantitative estimate of drug-likeness (QED) is 0.499. The number of ether oxygens (including phenoxy) is 3. The van der Waals surface area contributed by atoms with Gasteiger partial charge in [-0.2, -0.15) is 0 Å². The van der Waals surface area contributed by atoms with Gasteiger partial charge in [-0.15, -0.1) is 10.2 Å².